The van der Waals surface area contributed by atoms with Crippen LogP contribution < -0.4 is 20.1 Å². The standard InChI is InChI=1S/C20H24N2O4S/c1-13(2)26-17-9-8-14(10-18(17)24-3)12-21-20(27)22-16-7-5-6-15(11-16)19(23)25-4/h5-11,13H,12H2,1-4H3,(H2,21,22,27). The van der Waals surface area contributed by atoms with Crippen molar-refractivity contribution in [3.8, 4) is 11.5 Å². The molecule has 0 saturated carbocycles. The molecule has 0 aliphatic heterocycles. The molecule has 27 heavy (non-hydrogen) atoms. The minimum absolute atomic E-state index is 0.0698. The van der Waals surface area contributed by atoms with E-state index < -0.39 is 5.97 Å². The van der Waals surface area contributed by atoms with Gasteiger partial charge in [-0.05, 0) is 62.0 Å². The molecular weight excluding hydrogens is 364 g/mol. The molecule has 0 aromatic heterocycles. The third-order valence-electron chi connectivity index (χ3n) is 3.59. The second kappa shape index (κ2) is 9.78. The lowest BCUT2D eigenvalue weighted by atomic mass is 10.2. The highest BCUT2D eigenvalue weighted by Crippen LogP contribution is 2.28. The molecule has 6 nitrogen and oxygen atoms in total. The maximum atomic E-state index is 11.6. The maximum absolute atomic E-state index is 11.6. The van der Waals surface area contributed by atoms with Gasteiger partial charge in [-0.1, -0.05) is 12.1 Å². The molecule has 7 heteroatoms. The topological polar surface area (TPSA) is 68.8 Å². The zero-order valence-electron chi connectivity index (χ0n) is 15.9. The van der Waals surface area contributed by atoms with E-state index in [1.807, 2.05) is 38.1 Å². The number of methoxy groups -OCH3 is 2. The van der Waals surface area contributed by atoms with Crippen molar-refractivity contribution < 1.29 is 19.0 Å². The van der Waals surface area contributed by atoms with Crippen molar-refractivity contribution >= 4 is 29.0 Å². The Kier molecular flexibility index (Phi) is 7.43. The Morgan fingerprint density at radius 2 is 1.89 bits per heavy atom. The number of hydrogen-bond acceptors (Lipinski definition) is 5. The summed E-state index contributed by atoms with van der Waals surface area (Å²) in [6.45, 7) is 4.45. The van der Waals surface area contributed by atoms with E-state index in [9.17, 15) is 4.79 Å². The summed E-state index contributed by atoms with van der Waals surface area (Å²) in [6.07, 6.45) is 0.0698. The number of ether oxygens (including phenoxy) is 3. The van der Waals surface area contributed by atoms with Crippen molar-refractivity contribution in [1.82, 2.24) is 5.32 Å². The first kappa shape index (κ1) is 20.5. The van der Waals surface area contributed by atoms with E-state index >= 15 is 0 Å². The van der Waals surface area contributed by atoms with Crippen LogP contribution in [0.3, 0.4) is 0 Å². The van der Waals surface area contributed by atoms with Gasteiger partial charge in [-0.3, -0.25) is 0 Å². The van der Waals surface area contributed by atoms with Crippen LogP contribution in [0.15, 0.2) is 42.5 Å². The van der Waals surface area contributed by atoms with E-state index in [4.69, 9.17) is 26.4 Å². The van der Waals surface area contributed by atoms with Gasteiger partial charge in [-0.15, -0.1) is 0 Å². The lowest BCUT2D eigenvalue weighted by Gasteiger charge is -2.15. The first-order valence-corrected chi connectivity index (χ1v) is 8.90. The van der Waals surface area contributed by atoms with Gasteiger partial charge in [0.15, 0.2) is 16.6 Å². The summed E-state index contributed by atoms with van der Waals surface area (Å²) < 4.78 is 15.8. The van der Waals surface area contributed by atoms with Crippen LogP contribution in [0.25, 0.3) is 0 Å². The molecular formula is C20H24N2O4S. The van der Waals surface area contributed by atoms with Gasteiger partial charge >= 0.3 is 5.97 Å². The monoisotopic (exact) mass is 388 g/mol. The Hall–Kier alpha value is -2.80. The molecule has 0 bridgehead atoms. The van der Waals surface area contributed by atoms with Gasteiger partial charge in [0.2, 0.25) is 0 Å². The van der Waals surface area contributed by atoms with Gasteiger partial charge in [-0.25, -0.2) is 4.79 Å². The van der Waals surface area contributed by atoms with Crippen LogP contribution in [0.1, 0.15) is 29.8 Å². The quantitative estimate of drug-likeness (QED) is 0.553. The van der Waals surface area contributed by atoms with Gasteiger partial charge in [0.05, 0.1) is 25.9 Å². The fourth-order valence-corrected chi connectivity index (χ4v) is 2.56. The van der Waals surface area contributed by atoms with E-state index in [0.717, 1.165) is 5.56 Å². The Morgan fingerprint density at radius 1 is 1.11 bits per heavy atom. The highest BCUT2D eigenvalue weighted by Gasteiger charge is 2.09. The van der Waals surface area contributed by atoms with E-state index in [1.54, 1.807) is 25.3 Å². The maximum Gasteiger partial charge on any atom is 0.337 e. The zero-order chi connectivity index (χ0) is 19.8. The summed E-state index contributed by atoms with van der Waals surface area (Å²) >= 11 is 5.32. The van der Waals surface area contributed by atoms with Crippen molar-refractivity contribution in [3.63, 3.8) is 0 Å². The number of benzene rings is 2. The fourth-order valence-electron chi connectivity index (χ4n) is 2.37. The summed E-state index contributed by atoms with van der Waals surface area (Å²) in [5.74, 6) is 0.984. The average molecular weight is 388 g/mol. The number of esters is 1. The first-order valence-electron chi connectivity index (χ1n) is 8.49. The van der Waals surface area contributed by atoms with Crippen molar-refractivity contribution in [2.75, 3.05) is 19.5 Å². The van der Waals surface area contributed by atoms with Crippen molar-refractivity contribution in [2.24, 2.45) is 0 Å². The van der Waals surface area contributed by atoms with Crippen LogP contribution >= 0.6 is 12.2 Å². The molecule has 0 unspecified atom stereocenters. The number of nitrogens with one attached hydrogen (secondary N) is 2. The van der Waals surface area contributed by atoms with E-state index in [2.05, 4.69) is 10.6 Å². The minimum Gasteiger partial charge on any atom is -0.493 e. The molecule has 2 aromatic rings. The third kappa shape index (κ3) is 6.14. The predicted octanol–water partition coefficient (Wildman–Crippen LogP) is 3.76. The van der Waals surface area contributed by atoms with Crippen molar-refractivity contribution in [1.29, 1.82) is 0 Å². The molecule has 0 heterocycles. The molecule has 0 fully saturated rings. The predicted molar refractivity (Wildman–Crippen MR) is 110 cm³/mol. The van der Waals surface area contributed by atoms with Gasteiger partial charge in [0.1, 0.15) is 0 Å². The number of anilines is 1. The van der Waals surface area contributed by atoms with Crippen LogP contribution in [0.5, 0.6) is 11.5 Å². The molecule has 0 amide bonds. The smallest absolute Gasteiger partial charge is 0.337 e. The average Bonchev–Trinajstić information content (AvgIpc) is 2.66. The third-order valence-corrected chi connectivity index (χ3v) is 3.83. The molecule has 2 rings (SSSR count). The SMILES string of the molecule is COC(=O)c1cccc(NC(=S)NCc2ccc(OC(C)C)c(OC)c2)c1. The normalized spacial score (nSPS) is 10.3. The number of thiocarbonyl (C=S) groups is 1. The fraction of sp³-hybridized carbons (Fsp3) is 0.300. The molecule has 0 radical (unpaired) electrons. The molecule has 0 aliphatic rings. The van der Waals surface area contributed by atoms with Crippen LogP contribution in [0.2, 0.25) is 0 Å². The lowest BCUT2D eigenvalue weighted by Crippen LogP contribution is -2.28. The van der Waals surface area contributed by atoms with Gasteiger partial charge < -0.3 is 24.8 Å². The highest BCUT2D eigenvalue weighted by atomic mass is 32.1. The second-order valence-electron chi connectivity index (χ2n) is 6.03. The molecule has 0 saturated heterocycles. The summed E-state index contributed by atoms with van der Waals surface area (Å²) in [5, 5.41) is 6.63. The first-order chi connectivity index (χ1) is 12.9. The number of hydrogen-bond donors (Lipinski definition) is 2. The molecule has 0 aliphatic carbocycles. The largest absolute Gasteiger partial charge is 0.493 e. The Balaban J connectivity index is 1.96. The van der Waals surface area contributed by atoms with Crippen LogP contribution in [0.4, 0.5) is 5.69 Å². The van der Waals surface area contributed by atoms with Crippen molar-refractivity contribution in [3.05, 3.63) is 53.6 Å². The lowest BCUT2D eigenvalue weighted by molar-refractivity contribution is 0.0601. The van der Waals surface area contributed by atoms with E-state index in [1.165, 1.54) is 7.11 Å². The summed E-state index contributed by atoms with van der Waals surface area (Å²) in [4.78, 5) is 11.6. The van der Waals surface area contributed by atoms with Gasteiger partial charge in [0, 0.05) is 12.2 Å². The van der Waals surface area contributed by atoms with Gasteiger partial charge in [-0.2, -0.15) is 0 Å². The molecule has 0 spiro atoms. The van der Waals surface area contributed by atoms with Crippen molar-refractivity contribution in [2.45, 2.75) is 26.5 Å². The summed E-state index contributed by atoms with van der Waals surface area (Å²) in [7, 11) is 2.96. The Bertz CT molecular complexity index is 808. The number of carbonyl (C=O) groups is 1. The highest BCUT2D eigenvalue weighted by molar-refractivity contribution is 7.80. The van der Waals surface area contributed by atoms with E-state index in [-0.39, 0.29) is 6.10 Å². The van der Waals surface area contributed by atoms with E-state index in [0.29, 0.717) is 34.4 Å². The molecule has 144 valence electrons. The Morgan fingerprint density at radius 3 is 2.56 bits per heavy atom. The van der Waals surface area contributed by atoms with Crippen LogP contribution in [0, 0.1) is 0 Å². The summed E-state index contributed by atoms with van der Waals surface area (Å²) in [5.41, 5.74) is 2.15. The van der Waals surface area contributed by atoms with Crippen LogP contribution in [-0.2, 0) is 11.3 Å². The summed E-state index contributed by atoms with van der Waals surface area (Å²) in [6, 6.07) is 12.7. The Labute approximate surface area is 164 Å². The molecule has 2 aromatic carbocycles. The van der Waals surface area contributed by atoms with Crippen LogP contribution in [-0.4, -0.2) is 31.4 Å². The van der Waals surface area contributed by atoms with Gasteiger partial charge in [0.25, 0.3) is 0 Å². The molecule has 0 atom stereocenters. The zero-order valence-corrected chi connectivity index (χ0v) is 16.7. The number of rotatable bonds is 7. The second-order valence-corrected chi connectivity index (χ2v) is 6.44. The number of carbonyl (C=O) groups excluding carboxylic acids is 1. The molecule has 2 N–H and O–H groups in total. The minimum atomic E-state index is -0.395.